The molecule has 0 amide bonds. The zero-order valence-electron chi connectivity index (χ0n) is 20.1. The Balaban J connectivity index is 1.24. The molecule has 5 aromatic rings. The molecule has 9 nitrogen and oxygen atoms in total. The quantitative estimate of drug-likeness (QED) is 0.205. The summed E-state index contributed by atoms with van der Waals surface area (Å²) >= 11 is 2.68. The standard InChI is InChI=1S/C26H21FN6O3S2/c1-33-22-20(29-21(30-22)14-5-3-2-4-6-14)23(34)31-25(33)37-12-19-32-26(13-38-19,24(35)36)11-17-9-15-7-8-16(27)10-18(15)28-17/h2-10,28H,11-13H2,1H3,(H,29,30)(H,35,36). The van der Waals surface area contributed by atoms with Gasteiger partial charge in [0.15, 0.2) is 21.9 Å². The van der Waals surface area contributed by atoms with Gasteiger partial charge in [-0.25, -0.2) is 14.2 Å². The molecule has 1 unspecified atom stereocenters. The highest BCUT2D eigenvalue weighted by atomic mass is 32.2. The third-order valence-corrected chi connectivity index (χ3v) is 8.82. The lowest BCUT2D eigenvalue weighted by molar-refractivity contribution is -0.142. The number of hydrogen-bond acceptors (Lipinski definition) is 7. The summed E-state index contributed by atoms with van der Waals surface area (Å²) in [5, 5.41) is 12.0. The minimum atomic E-state index is -1.34. The van der Waals surface area contributed by atoms with Crippen molar-refractivity contribution >= 4 is 56.6 Å². The van der Waals surface area contributed by atoms with Crippen molar-refractivity contribution in [1.82, 2.24) is 24.5 Å². The molecule has 0 spiro atoms. The fourth-order valence-electron chi connectivity index (χ4n) is 4.48. The number of nitrogens with one attached hydrogen (secondary N) is 2. The number of benzene rings is 2. The van der Waals surface area contributed by atoms with Crippen LogP contribution in [0.4, 0.5) is 4.39 Å². The maximum Gasteiger partial charge on any atom is 0.332 e. The number of nitrogens with zero attached hydrogens (tertiary/aromatic N) is 4. The predicted octanol–water partition coefficient (Wildman–Crippen LogP) is 4.25. The molecule has 6 rings (SSSR count). The van der Waals surface area contributed by atoms with Crippen LogP contribution < -0.4 is 5.56 Å². The molecule has 1 aliphatic heterocycles. The van der Waals surface area contributed by atoms with Gasteiger partial charge in [0.25, 0.3) is 5.56 Å². The van der Waals surface area contributed by atoms with Gasteiger partial charge in [-0.15, -0.1) is 11.8 Å². The number of fused-ring (bicyclic) bond motifs is 2. The first-order chi connectivity index (χ1) is 18.3. The maximum absolute atomic E-state index is 13.6. The van der Waals surface area contributed by atoms with E-state index in [0.717, 1.165) is 10.9 Å². The monoisotopic (exact) mass is 548 g/mol. The van der Waals surface area contributed by atoms with Crippen molar-refractivity contribution in [3.63, 3.8) is 0 Å². The third-order valence-electron chi connectivity index (χ3n) is 6.41. The van der Waals surface area contributed by atoms with Gasteiger partial charge in [0, 0.05) is 41.7 Å². The number of aromatic nitrogens is 5. The second kappa shape index (κ2) is 9.44. The number of hydrogen-bond donors (Lipinski definition) is 3. The molecular weight excluding hydrogens is 527 g/mol. The highest BCUT2D eigenvalue weighted by Crippen LogP contribution is 2.34. The van der Waals surface area contributed by atoms with Crippen LogP contribution in [0.25, 0.3) is 33.5 Å². The molecule has 2 aromatic carbocycles. The molecule has 3 aromatic heterocycles. The summed E-state index contributed by atoms with van der Waals surface area (Å²) in [5.74, 6) is -0.169. The first-order valence-electron chi connectivity index (χ1n) is 11.7. The Bertz CT molecular complexity index is 1800. The molecule has 12 heteroatoms. The molecule has 0 saturated carbocycles. The van der Waals surface area contributed by atoms with Crippen molar-refractivity contribution in [2.45, 2.75) is 17.1 Å². The number of carboxylic acids is 1. The van der Waals surface area contributed by atoms with Crippen LogP contribution in [-0.2, 0) is 18.3 Å². The van der Waals surface area contributed by atoms with Crippen molar-refractivity contribution < 1.29 is 14.3 Å². The molecule has 1 aliphatic rings. The molecule has 4 heterocycles. The second-order valence-electron chi connectivity index (χ2n) is 9.03. The van der Waals surface area contributed by atoms with E-state index in [4.69, 9.17) is 0 Å². The summed E-state index contributed by atoms with van der Waals surface area (Å²) in [5.41, 5.74) is 1.21. The smallest absolute Gasteiger partial charge is 0.332 e. The number of carbonyl (C=O) groups is 1. The summed E-state index contributed by atoms with van der Waals surface area (Å²) < 4.78 is 15.3. The van der Waals surface area contributed by atoms with E-state index in [-0.39, 0.29) is 18.0 Å². The minimum Gasteiger partial charge on any atom is -0.479 e. The van der Waals surface area contributed by atoms with Gasteiger partial charge in [-0.2, -0.15) is 4.98 Å². The lowest BCUT2D eigenvalue weighted by atomic mass is 9.96. The molecular formula is C26H21FN6O3S2. The number of aryl methyl sites for hydroxylation is 1. The van der Waals surface area contributed by atoms with Crippen LogP contribution in [0.15, 0.2) is 69.5 Å². The summed E-state index contributed by atoms with van der Waals surface area (Å²) in [7, 11) is 1.79. The number of imidazole rings is 1. The zero-order chi connectivity index (χ0) is 26.4. The van der Waals surface area contributed by atoms with Gasteiger partial charge in [-0.3, -0.25) is 9.79 Å². The Morgan fingerprint density at radius 3 is 2.79 bits per heavy atom. The second-order valence-corrected chi connectivity index (χ2v) is 11.0. The average molecular weight is 549 g/mol. The number of rotatable bonds is 7. The van der Waals surface area contributed by atoms with Gasteiger partial charge in [0.1, 0.15) is 11.6 Å². The van der Waals surface area contributed by atoms with Crippen molar-refractivity contribution in [1.29, 1.82) is 0 Å². The SMILES string of the molecule is Cn1c(SCC2=NC(Cc3cc4ccc(F)cc4[nH]3)(C(=O)O)CS2)nc(=O)c2[nH]c(-c3ccccc3)nc21. The first-order valence-corrected chi connectivity index (χ1v) is 13.7. The number of aromatic amines is 2. The molecule has 0 aliphatic carbocycles. The Kier molecular flexibility index (Phi) is 6.07. The van der Waals surface area contributed by atoms with Gasteiger partial charge in [-0.05, 0) is 29.7 Å². The normalized spacial score (nSPS) is 17.4. The molecule has 0 radical (unpaired) electrons. The molecule has 0 saturated heterocycles. The van der Waals surface area contributed by atoms with Gasteiger partial charge < -0.3 is 19.6 Å². The van der Waals surface area contributed by atoms with Crippen LogP contribution in [0, 0.1) is 5.82 Å². The molecule has 0 fully saturated rings. The van der Waals surface area contributed by atoms with E-state index in [0.29, 0.717) is 44.2 Å². The van der Waals surface area contributed by atoms with E-state index in [9.17, 15) is 19.1 Å². The molecule has 3 N–H and O–H groups in total. The maximum atomic E-state index is 13.6. The third kappa shape index (κ3) is 4.39. The number of aliphatic carboxylic acids is 1. The van der Waals surface area contributed by atoms with Crippen LogP contribution in [0.3, 0.4) is 0 Å². The first kappa shape index (κ1) is 24.4. The van der Waals surface area contributed by atoms with E-state index in [1.165, 1.54) is 35.7 Å². The number of halogens is 1. The van der Waals surface area contributed by atoms with Crippen LogP contribution in [0.1, 0.15) is 5.69 Å². The van der Waals surface area contributed by atoms with E-state index in [2.05, 4.69) is 24.9 Å². The zero-order valence-corrected chi connectivity index (χ0v) is 21.7. The minimum absolute atomic E-state index is 0.151. The van der Waals surface area contributed by atoms with Crippen LogP contribution in [0.2, 0.25) is 0 Å². The Hall–Kier alpha value is -3.90. The lowest BCUT2D eigenvalue weighted by Crippen LogP contribution is -2.39. The van der Waals surface area contributed by atoms with Gasteiger partial charge in [-0.1, -0.05) is 42.1 Å². The number of H-pyrrole nitrogens is 2. The van der Waals surface area contributed by atoms with Gasteiger partial charge in [0.05, 0.1) is 5.04 Å². The van der Waals surface area contributed by atoms with Crippen LogP contribution in [0.5, 0.6) is 0 Å². The summed E-state index contributed by atoms with van der Waals surface area (Å²) in [6, 6.07) is 15.8. The molecule has 0 bridgehead atoms. The number of carboxylic acid groups (broad SMARTS) is 1. The Labute approximate surface area is 223 Å². The molecule has 192 valence electrons. The van der Waals surface area contributed by atoms with Crippen molar-refractivity contribution in [3.8, 4) is 11.4 Å². The van der Waals surface area contributed by atoms with E-state index in [1.54, 1.807) is 17.7 Å². The predicted molar refractivity (Wildman–Crippen MR) is 148 cm³/mol. The fourth-order valence-corrected chi connectivity index (χ4v) is 6.67. The highest BCUT2D eigenvalue weighted by molar-refractivity contribution is 8.16. The van der Waals surface area contributed by atoms with Crippen LogP contribution in [-0.4, -0.2) is 57.7 Å². The number of aliphatic imine (C=N–C) groups is 1. The Morgan fingerprint density at radius 2 is 2.00 bits per heavy atom. The van der Waals surface area contributed by atoms with Crippen molar-refractivity contribution in [3.05, 3.63) is 76.5 Å². The summed E-state index contributed by atoms with van der Waals surface area (Å²) in [4.78, 5) is 44.7. The van der Waals surface area contributed by atoms with E-state index in [1.807, 2.05) is 36.4 Å². The van der Waals surface area contributed by atoms with Crippen molar-refractivity contribution in [2.24, 2.45) is 12.0 Å². The summed E-state index contributed by atoms with van der Waals surface area (Å²) in [6.07, 6.45) is 0.151. The van der Waals surface area contributed by atoms with Gasteiger partial charge >= 0.3 is 5.97 Å². The van der Waals surface area contributed by atoms with Gasteiger partial charge in [0.2, 0.25) is 0 Å². The molecule has 1 atom stereocenters. The number of thioether (sulfide) groups is 2. The van der Waals surface area contributed by atoms with E-state index >= 15 is 0 Å². The van der Waals surface area contributed by atoms with Crippen molar-refractivity contribution in [2.75, 3.05) is 11.5 Å². The highest BCUT2D eigenvalue weighted by Gasteiger charge is 2.43. The van der Waals surface area contributed by atoms with E-state index < -0.39 is 17.1 Å². The fraction of sp³-hybridized carbons (Fsp3) is 0.192. The summed E-state index contributed by atoms with van der Waals surface area (Å²) in [6.45, 7) is 0. The topological polar surface area (TPSA) is 129 Å². The largest absolute Gasteiger partial charge is 0.479 e. The Morgan fingerprint density at radius 1 is 1.18 bits per heavy atom. The van der Waals surface area contributed by atoms with Crippen LogP contribution >= 0.6 is 23.5 Å². The lowest BCUT2D eigenvalue weighted by Gasteiger charge is -2.19. The molecule has 38 heavy (non-hydrogen) atoms. The average Bonchev–Trinajstić information content (AvgIpc) is 3.63.